The van der Waals surface area contributed by atoms with Gasteiger partial charge in [0.2, 0.25) is 0 Å². The summed E-state index contributed by atoms with van der Waals surface area (Å²) < 4.78 is 1.44. The summed E-state index contributed by atoms with van der Waals surface area (Å²) >= 11 is 4.13. The van der Waals surface area contributed by atoms with Crippen LogP contribution >= 0.6 is 12.6 Å². The van der Waals surface area contributed by atoms with Gasteiger partial charge in [-0.05, 0) is 16.3 Å². The zero-order valence-electron chi connectivity index (χ0n) is 11.5. The summed E-state index contributed by atoms with van der Waals surface area (Å²) in [7, 11) is 0. The van der Waals surface area contributed by atoms with E-state index in [0.717, 1.165) is 16.3 Å². The molecule has 0 unspecified atom stereocenters. The number of nitrogens with zero attached hydrogens (tertiary/aromatic N) is 3. The molecule has 2 aromatic carbocycles. The third-order valence-corrected chi connectivity index (χ3v) is 3.90. The van der Waals surface area contributed by atoms with Crippen LogP contribution in [-0.2, 0) is 6.54 Å². The van der Waals surface area contributed by atoms with Crippen molar-refractivity contribution in [3.8, 4) is 0 Å². The maximum Gasteiger partial charge on any atom is 0.293 e. The maximum absolute atomic E-state index is 12.5. The van der Waals surface area contributed by atoms with Crippen molar-refractivity contribution >= 4 is 34.4 Å². The number of aromatic nitrogens is 4. The van der Waals surface area contributed by atoms with E-state index >= 15 is 0 Å². The molecule has 0 saturated heterocycles. The number of H-pyrrole nitrogens is 1. The van der Waals surface area contributed by atoms with Crippen LogP contribution in [0.4, 0.5) is 0 Å². The normalized spacial score (nSPS) is 11.3. The summed E-state index contributed by atoms with van der Waals surface area (Å²) in [6.07, 6.45) is 1.58. The van der Waals surface area contributed by atoms with E-state index in [4.69, 9.17) is 0 Å². The third-order valence-electron chi connectivity index (χ3n) is 3.69. The summed E-state index contributed by atoms with van der Waals surface area (Å²) in [6, 6.07) is 14.2. The number of hydrogen-bond donors (Lipinski definition) is 2. The van der Waals surface area contributed by atoms with Gasteiger partial charge >= 0.3 is 0 Å². The van der Waals surface area contributed by atoms with Crippen LogP contribution in [-0.4, -0.2) is 19.7 Å². The second-order valence-electron chi connectivity index (χ2n) is 5.07. The van der Waals surface area contributed by atoms with Gasteiger partial charge in [-0.25, -0.2) is 9.67 Å². The van der Waals surface area contributed by atoms with Gasteiger partial charge < -0.3 is 4.98 Å². The van der Waals surface area contributed by atoms with Gasteiger partial charge in [0.05, 0.1) is 12.7 Å². The molecule has 0 aliphatic heterocycles. The first-order chi connectivity index (χ1) is 10.7. The van der Waals surface area contributed by atoms with E-state index < -0.39 is 0 Å². The van der Waals surface area contributed by atoms with Crippen LogP contribution < -0.4 is 5.56 Å². The van der Waals surface area contributed by atoms with Crippen LogP contribution in [0.3, 0.4) is 0 Å². The van der Waals surface area contributed by atoms with Gasteiger partial charge in [0.25, 0.3) is 5.56 Å². The molecule has 0 atom stereocenters. The van der Waals surface area contributed by atoms with E-state index in [-0.39, 0.29) is 5.56 Å². The van der Waals surface area contributed by atoms with Crippen LogP contribution in [0.25, 0.3) is 21.8 Å². The van der Waals surface area contributed by atoms with E-state index in [9.17, 15) is 4.79 Å². The van der Waals surface area contributed by atoms with Crippen molar-refractivity contribution < 1.29 is 0 Å². The number of fused-ring (bicyclic) bond motifs is 2. The number of nitrogens with one attached hydrogen (secondary N) is 1. The number of rotatable bonds is 2. The van der Waals surface area contributed by atoms with E-state index in [2.05, 4.69) is 45.9 Å². The Labute approximate surface area is 131 Å². The molecule has 0 aliphatic carbocycles. The van der Waals surface area contributed by atoms with Crippen molar-refractivity contribution in [3.05, 3.63) is 64.6 Å². The number of hydrogen-bond acceptors (Lipinski definition) is 4. The molecule has 4 aromatic rings. The zero-order valence-corrected chi connectivity index (χ0v) is 12.4. The Bertz CT molecular complexity index is 1050. The van der Waals surface area contributed by atoms with E-state index in [1.54, 1.807) is 6.20 Å². The lowest BCUT2D eigenvalue weighted by molar-refractivity contribution is 0.649. The molecule has 0 amide bonds. The summed E-state index contributed by atoms with van der Waals surface area (Å²) in [5.74, 6) is 0. The van der Waals surface area contributed by atoms with Crippen LogP contribution in [0.2, 0.25) is 0 Å². The molecular formula is C16H12N4OS. The highest BCUT2D eigenvalue weighted by molar-refractivity contribution is 7.80. The molecule has 108 valence electrons. The molecule has 0 aliphatic rings. The van der Waals surface area contributed by atoms with Crippen LogP contribution in [0, 0.1) is 0 Å². The molecule has 22 heavy (non-hydrogen) atoms. The average molecular weight is 308 g/mol. The van der Waals surface area contributed by atoms with E-state index in [1.807, 2.05) is 24.3 Å². The Morgan fingerprint density at radius 3 is 2.86 bits per heavy atom. The zero-order chi connectivity index (χ0) is 15.1. The molecule has 0 spiro atoms. The molecule has 5 nitrogen and oxygen atoms in total. The number of imidazole rings is 1. The van der Waals surface area contributed by atoms with Gasteiger partial charge in [-0.3, -0.25) is 4.79 Å². The average Bonchev–Trinajstić information content (AvgIpc) is 2.92. The van der Waals surface area contributed by atoms with E-state index in [0.29, 0.717) is 22.7 Å². The lowest BCUT2D eigenvalue weighted by atomic mass is 10.0. The molecule has 0 fully saturated rings. The molecule has 0 radical (unpaired) electrons. The monoisotopic (exact) mass is 308 g/mol. The quantitative estimate of drug-likeness (QED) is 0.560. The highest BCUT2D eigenvalue weighted by Gasteiger charge is 2.09. The first-order valence-electron chi connectivity index (χ1n) is 6.84. The fourth-order valence-electron chi connectivity index (χ4n) is 2.64. The molecular weight excluding hydrogens is 296 g/mol. The maximum atomic E-state index is 12.5. The van der Waals surface area contributed by atoms with Crippen LogP contribution in [0.1, 0.15) is 5.56 Å². The number of aromatic amines is 1. The largest absolute Gasteiger partial charge is 0.328 e. The third kappa shape index (κ3) is 2.08. The van der Waals surface area contributed by atoms with Crippen molar-refractivity contribution in [2.75, 3.05) is 0 Å². The molecule has 2 heterocycles. The van der Waals surface area contributed by atoms with Crippen LogP contribution in [0.5, 0.6) is 0 Å². The summed E-state index contributed by atoms with van der Waals surface area (Å²) in [5.41, 5.74) is 1.82. The van der Waals surface area contributed by atoms with E-state index in [1.165, 1.54) is 4.68 Å². The van der Waals surface area contributed by atoms with Gasteiger partial charge in [-0.15, -0.1) is 12.6 Å². The van der Waals surface area contributed by atoms with Crippen molar-refractivity contribution in [2.24, 2.45) is 0 Å². The van der Waals surface area contributed by atoms with Crippen LogP contribution in [0.15, 0.2) is 58.6 Å². The first-order valence-corrected chi connectivity index (χ1v) is 7.28. The first kappa shape index (κ1) is 13.1. The molecule has 0 saturated carbocycles. The molecule has 4 rings (SSSR count). The minimum Gasteiger partial charge on any atom is -0.328 e. The van der Waals surface area contributed by atoms with Gasteiger partial charge in [0, 0.05) is 0 Å². The van der Waals surface area contributed by atoms with Gasteiger partial charge in [0.15, 0.2) is 5.16 Å². The summed E-state index contributed by atoms with van der Waals surface area (Å²) in [6.45, 7) is 0.414. The number of thiol groups is 1. The second kappa shape index (κ2) is 4.99. The molecule has 2 aromatic heterocycles. The molecule has 1 N–H and O–H groups in total. The molecule has 0 bridgehead atoms. The minimum absolute atomic E-state index is 0.196. The highest BCUT2D eigenvalue weighted by Crippen LogP contribution is 2.19. The van der Waals surface area contributed by atoms with Crippen molar-refractivity contribution in [3.63, 3.8) is 0 Å². The van der Waals surface area contributed by atoms with Crippen molar-refractivity contribution in [1.29, 1.82) is 0 Å². The van der Waals surface area contributed by atoms with Gasteiger partial charge in [0.1, 0.15) is 11.0 Å². The summed E-state index contributed by atoms with van der Waals surface area (Å²) in [5, 5.41) is 6.89. The van der Waals surface area contributed by atoms with Crippen molar-refractivity contribution in [1.82, 2.24) is 19.7 Å². The van der Waals surface area contributed by atoms with Gasteiger partial charge in [-0.2, -0.15) is 5.10 Å². The Kier molecular flexibility index (Phi) is 2.97. The fourth-order valence-corrected chi connectivity index (χ4v) is 2.86. The lowest BCUT2D eigenvalue weighted by Crippen LogP contribution is -2.23. The van der Waals surface area contributed by atoms with Gasteiger partial charge in [-0.1, -0.05) is 42.5 Å². The Morgan fingerprint density at radius 2 is 1.95 bits per heavy atom. The highest BCUT2D eigenvalue weighted by atomic mass is 32.1. The second-order valence-corrected chi connectivity index (χ2v) is 5.49. The number of benzene rings is 2. The Balaban J connectivity index is 1.86. The standard InChI is InChI=1S/C16H12N4OS/c21-15-14-13(18-16(22)19-14)8-17-20(15)9-11-6-3-5-10-4-1-2-7-12(10)11/h1-8H,9H2,(H2,18,19,22). The predicted octanol–water partition coefficient (Wildman–Crippen LogP) is 2.61. The SMILES string of the molecule is O=c1c2[nH]c(S)nc2cnn1Cc1cccc2ccccc12. The fraction of sp³-hybridized carbons (Fsp3) is 0.0625. The Morgan fingerprint density at radius 1 is 1.14 bits per heavy atom. The minimum atomic E-state index is -0.196. The smallest absolute Gasteiger partial charge is 0.293 e. The predicted molar refractivity (Wildman–Crippen MR) is 88.5 cm³/mol. The lowest BCUT2D eigenvalue weighted by Gasteiger charge is -2.08. The topological polar surface area (TPSA) is 63.6 Å². The van der Waals surface area contributed by atoms with Crippen molar-refractivity contribution in [2.45, 2.75) is 11.7 Å². The summed E-state index contributed by atoms with van der Waals surface area (Å²) in [4.78, 5) is 19.5. The Hall–Kier alpha value is -2.60. The molecule has 6 heteroatoms.